The third-order valence-corrected chi connectivity index (χ3v) is 0. The van der Waals surface area contributed by atoms with Crippen molar-refractivity contribution < 1.29 is 158 Å². The molecule has 0 saturated carbocycles. The molecule has 12 heteroatoms. The zero-order chi connectivity index (χ0) is 9.00. The first-order valence-electron chi connectivity index (χ1n) is 1.33. The summed E-state index contributed by atoms with van der Waals surface area (Å²) < 4.78 is 68.8. The quantitative estimate of drug-likeness (QED) is 0.297. The molecule has 0 aromatic carbocycles. The SMILES string of the molecule is [Eu+2].[Eu+2].[O]=[Cr](=[O])([O-])[O-].[O]=[Cr](=[O])([O-])[O-]. The van der Waals surface area contributed by atoms with Gasteiger partial charge in [-0.15, -0.1) is 0 Å². The summed E-state index contributed by atoms with van der Waals surface area (Å²) in [5, 5.41) is 0. The minimum absolute atomic E-state index is 0. The van der Waals surface area contributed by atoms with Gasteiger partial charge in [0.2, 0.25) is 0 Å². The fraction of sp³-hybridized carbons (Fsp3) is 0. The summed E-state index contributed by atoms with van der Waals surface area (Å²) in [6, 6.07) is 0. The zero-order valence-corrected chi connectivity index (χ0v) is 12.2. The van der Waals surface area contributed by atoms with E-state index in [0.29, 0.717) is 0 Å². The van der Waals surface area contributed by atoms with Crippen molar-refractivity contribution in [1.82, 2.24) is 0 Å². The molecule has 0 aliphatic heterocycles. The number of rotatable bonds is 0. The van der Waals surface area contributed by atoms with Crippen LogP contribution in [0, 0.1) is 98.8 Å². The summed E-state index contributed by atoms with van der Waals surface area (Å²) in [6.07, 6.45) is 0. The van der Waals surface area contributed by atoms with Crippen LogP contribution in [0.15, 0.2) is 0 Å². The molecule has 0 heterocycles. The van der Waals surface area contributed by atoms with Gasteiger partial charge < -0.3 is 0 Å². The summed E-state index contributed by atoms with van der Waals surface area (Å²) in [5.74, 6) is 0. The van der Waals surface area contributed by atoms with Crippen molar-refractivity contribution in [3.63, 3.8) is 0 Å². The van der Waals surface area contributed by atoms with E-state index in [4.69, 9.17) is 31.8 Å². The van der Waals surface area contributed by atoms with Crippen molar-refractivity contribution in [2.24, 2.45) is 0 Å². The molecule has 0 N–H and O–H groups in total. The van der Waals surface area contributed by atoms with Gasteiger partial charge in [-0.25, -0.2) is 0 Å². The van der Waals surface area contributed by atoms with E-state index in [1.807, 2.05) is 0 Å². The second kappa shape index (κ2) is 10.8. The van der Waals surface area contributed by atoms with Gasteiger partial charge >= 0.3 is 158 Å². The Hall–Kier alpha value is 3.27. The molecule has 0 atom stereocenters. The van der Waals surface area contributed by atoms with E-state index in [1.54, 1.807) is 0 Å². The first kappa shape index (κ1) is 24.5. The first-order valence-corrected chi connectivity index (χ1v) is 5.50. The van der Waals surface area contributed by atoms with Gasteiger partial charge in [-0.2, -0.15) is 0 Å². The van der Waals surface area contributed by atoms with Crippen molar-refractivity contribution in [3.8, 4) is 0 Å². The fourth-order valence-corrected chi connectivity index (χ4v) is 0. The zero-order valence-electron chi connectivity index (χ0n) is 4.84. The van der Waals surface area contributed by atoms with Crippen LogP contribution in [0.3, 0.4) is 0 Å². The van der Waals surface area contributed by atoms with Crippen LogP contribution < -0.4 is 16.6 Å². The summed E-state index contributed by atoms with van der Waals surface area (Å²) in [5.41, 5.74) is 0. The summed E-state index contributed by atoms with van der Waals surface area (Å²) in [7, 11) is 0. The molecular weight excluding hydrogens is 536 g/mol. The average molecular weight is 536 g/mol. The van der Waals surface area contributed by atoms with Crippen LogP contribution in [0.25, 0.3) is 0 Å². The maximum atomic E-state index is 8.59. The van der Waals surface area contributed by atoms with Crippen LogP contribution in [0.2, 0.25) is 0 Å². The van der Waals surface area contributed by atoms with Crippen molar-refractivity contribution in [3.05, 3.63) is 0 Å². The van der Waals surface area contributed by atoms with Crippen LogP contribution in [0.1, 0.15) is 0 Å². The van der Waals surface area contributed by atoms with E-state index in [-0.39, 0.29) is 98.8 Å². The van der Waals surface area contributed by atoms with E-state index in [9.17, 15) is 0 Å². The molecule has 0 saturated heterocycles. The molecule has 0 rings (SSSR count). The van der Waals surface area contributed by atoms with Crippen LogP contribution in [-0.4, -0.2) is 0 Å². The monoisotopic (exact) mass is 538 g/mol. The van der Waals surface area contributed by atoms with Crippen LogP contribution in [0.4, 0.5) is 0 Å². The van der Waals surface area contributed by atoms with Gasteiger partial charge in [0.05, 0.1) is 0 Å². The molecular formula is Cr2Eu2O8. The number of hydrogen-bond acceptors (Lipinski definition) is 8. The van der Waals surface area contributed by atoms with E-state index >= 15 is 0 Å². The van der Waals surface area contributed by atoms with E-state index < -0.39 is 27.2 Å². The van der Waals surface area contributed by atoms with E-state index in [2.05, 4.69) is 0 Å². The Morgan fingerprint density at radius 2 is 0.583 bits per heavy atom. The molecule has 0 aromatic heterocycles. The molecule has 0 fully saturated rings. The molecule has 74 valence electrons. The number of hydrogen-bond donors (Lipinski definition) is 0. The van der Waals surface area contributed by atoms with Crippen molar-refractivity contribution in [2.45, 2.75) is 0 Å². The predicted octanol–water partition coefficient (Wildman–Crippen LogP) is -5.24. The Morgan fingerprint density at radius 3 is 0.583 bits per heavy atom. The molecule has 0 aromatic rings. The molecule has 0 spiro atoms. The molecule has 0 amide bonds. The Kier molecular flexibility index (Phi) is 22.0. The van der Waals surface area contributed by atoms with E-state index in [1.165, 1.54) is 0 Å². The summed E-state index contributed by atoms with van der Waals surface area (Å²) in [6.45, 7) is 0. The van der Waals surface area contributed by atoms with Gasteiger partial charge in [0, 0.05) is 0 Å². The Bertz CT molecular complexity index is 211. The van der Waals surface area contributed by atoms with Crippen molar-refractivity contribution >= 4 is 0 Å². The first-order chi connectivity index (χ1) is 4.00. The average Bonchev–Trinajstić information content (AvgIpc) is 1.12. The van der Waals surface area contributed by atoms with Crippen molar-refractivity contribution in [1.29, 1.82) is 0 Å². The topological polar surface area (TPSA) is 161 Å². The minimum atomic E-state index is -5.75. The third kappa shape index (κ3) is 187. The van der Waals surface area contributed by atoms with Crippen LogP contribution >= 0.6 is 0 Å². The Morgan fingerprint density at radius 1 is 0.583 bits per heavy atom. The van der Waals surface area contributed by atoms with Gasteiger partial charge in [-0.3, -0.25) is 0 Å². The second-order valence-electron chi connectivity index (χ2n) is 0.816. The molecule has 0 aliphatic rings. The molecule has 12 heavy (non-hydrogen) atoms. The standard InChI is InChI=1S/2Cr.2Eu.8O/q;;2*+2;;;;;4*-1. The maximum absolute atomic E-state index is 8.59. The molecule has 8 nitrogen and oxygen atoms in total. The predicted molar refractivity (Wildman–Crippen MR) is 2.75 cm³/mol. The molecule has 0 unspecified atom stereocenters. The van der Waals surface area contributed by atoms with Crippen LogP contribution in [0.5, 0.6) is 0 Å². The van der Waals surface area contributed by atoms with Gasteiger partial charge in [0.1, 0.15) is 0 Å². The van der Waals surface area contributed by atoms with Gasteiger partial charge in [0.25, 0.3) is 0 Å². The third-order valence-electron chi connectivity index (χ3n) is 0. The molecule has 2 radical (unpaired) electrons. The Balaban J connectivity index is -0.0000000457. The molecule has 0 aliphatic carbocycles. The summed E-state index contributed by atoms with van der Waals surface area (Å²) in [4.78, 5) is 0. The van der Waals surface area contributed by atoms with Gasteiger partial charge in [-0.05, 0) is 0 Å². The fourth-order valence-electron chi connectivity index (χ4n) is 0. The second-order valence-corrected chi connectivity index (χ2v) is 3.37. The van der Waals surface area contributed by atoms with E-state index in [0.717, 1.165) is 0 Å². The van der Waals surface area contributed by atoms with Gasteiger partial charge in [-0.1, -0.05) is 0 Å². The van der Waals surface area contributed by atoms with Crippen molar-refractivity contribution in [2.75, 3.05) is 0 Å². The van der Waals surface area contributed by atoms with Gasteiger partial charge in [0.15, 0.2) is 0 Å². The van der Waals surface area contributed by atoms with Crippen LogP contribution in [-0.2, 0) is 42.4 Å². The summed E-state index contributed by atoms with van der Waals surface area (Å²) >= 11 is -11.5. The molecule has 0 bridgehead atoms. The normalized spacial score (nSPS) is 9.67. The Labute approximate surface area is 154 Å².